The first-order chi connectivity index (χ1) is 16.6. The van der Waals surface area contributed by atoms with Crippen LogP contribution in [0.4, 0.5) is 11.8 Å². The first-order valence-electron chi connectivity index (χ1n) is 11.8. The lowest BCUT2D eigenvalue weighted by atomic mass is 10.1. The third-order valence-electron chi connectivity index (χ3n) is 6.08. The second kappa shape index (κ2) is 11.0. The molecule has 34 heavy (non-hydrogen) atoms. The van der Waals surface area contributed by atoms with Gasteiger partial charge in [0.05, 0.1) is 13.1 Å². The van der Waals surface area contributed by atoms with E-state index >= 15 is 0 Å². The van der Waals surface area contributed by atoms with Crippen molar-refractivity contribution in [3.8, 4) is 0 Å². The maximum Gasteiger partial charge on any atom is 0.272 e. The summed E-state index contributed by atoms with van der Waals surface area (Å²) in [6.45, 7) is 1.90. The molecular formula is C26H32N6O2. The van der Waals surface area contributed by atoms with E-state index in [2.05, 4.69) is 15.5 Å². The first-order valence-corrected chi connectivity index (χ1v) is 11.8. The molecule has 0 radical (unpaired) electrons. The van der Waals surface area contributed by atoms with Crippen LogP contribution in [0.15, 0.2) is 60.7 Å². The zero-order valence-corrected chi connectivity index (χ0v) is 19.5. The maximum atomic E-state index is 13.4. The Bertz CT molecular complexity index is 1110. The number of nitrogens with two attached hydrogens (primary N) is 1. The predicted molar refractivity (Wildman–Crippen MR) is 134 cm³/mol. The Labute approximate surface area is 200 Å². The molecule has 8 nitrogen and oxygen atoms in total. The number of nitrogens with zero attached hydrogens (tertiary/aromatic N) is 3. The molecule has 1 aliphatic rings. The summed E-state index contributed by atoms with van der Waals surface area (Å²) >= 11 is 0. The van der Waals surface area contributed by atoms with Crippen molar-refractivity contribution >= 4 is 23.5 Å². The van der Waals surface area contributed by atoms with Crippen LogP contribution >= 0.6 is 0 Å². The van der Waals surface area contributed by atoms with E-state index in [9.17, 15) is 9.59 Å². The highest BCUT2D eigenvalue weighted by molar-refractivity contribution is 6.03. The van der Waals surface area contributed by atoms with Crippen LogP contribution in [0.2, 0.25) is 0 Å². The Morgan fingerprint density at radius 3 is 2.47 bits per heavy atom. The van der Waals surface area contributed by atoms with E-state index in [0.29, 0.717) is 36.1 Å². The number of Topliss-reactive ketones (excluding diaryl/α,β-unsaturated/α-hetero) is 1. The molecule has 0 aliphatic carbocycles. The van der Waals surface area contributed by atoms with Gasteiger partial charge in [0.25, 0.3) is 5.91 Å². The van der Waals surface area contributed by atoms with Crippen molar-refractivity contribution in [2.45, 2.75) is 31.8 Å². The normalized spacial score (nSPS) is 16.1. The first kappa shape index (κ1) is 23.5. The highest BCUT2D eigenvalue weighted by Gasteiger charge is 2.27. The largest absolute Gasteiger partial charge is 0.371 e. The van der Waals surface area contributed by atoms with Crippen molar-refractivity contribution in [1.82, 2.24) is 14.9 Å². The molecule has 1 amide bonds. The number of hydrogen-bond acceptors (Lipinski definition) is 6. The molecule has 1 saturated heterocycles. The fourth-order valence-corrected chi connectivity index (χ4v) is 4.33. The highest BCUT2D eigenvalue weighted by atomic mass is 16.2. The lowest BCUT2D eigenvalue weighted by molar-refractivity contribution is 0.0899. The predicted octanol–water partition coefficient (Wildman–Crippen LogP) is 2.90. The molecule has 0 spiro atoms. The molecule has 4 rings (SSSR count). The minimum Gasteiger partial charge on any atom is -0.371 e. The molecule has 8 heteroatoms. The number of amides is 1. The fraction of sp³-hybridized carbons (Fsp3) is 0.346. The maximum absolute atomic E-state index is 13.4. The quantitative estimate of drug-likeness (QED) is 0.447. The number of rotatable bonds is 8. The number of nitrogens with one attached hydrogen (secondary N) is 2. The van der Waals surface area contributed by atoms with Crippen LogP contribution in [-0.4, -0.2) is 54.0 Å². The number of aromatic nitrogens is 2. The molecule has 178 valence electrons. The van der Waals surface area contributed by atoms with Crippen LogP contribution in [-0.2, 0) is 6.54 Å². The topological polar surface area (TPSA) is 105 Å². The lowest BCUT2D eigenvalue weighted by Crippen LogP contribution is -2.38. The number of imidazole rings is 1. The highest BCUT2D eigenvalue weighted by Crippen LogP contribution is 2.27. The van der Waals surface area contributed by atoms with Gasteiger partial charge in [-0.25, -0.2) is 0 Å². The van der Waals surface area contributed by atoms with E-state index in [1.807, 2.05) is 41.0 Å². The molecule has 3 aromatic rings. The second-order valence-electron chi connectivity index (χ2n) is 8.60. The summed E-state index contributed by atoms with van der Waals surface area (Å²) in [5, 5.41) is 5.88. The summed E-state index contributed by atoms with van der Waals surface area (Å²) in [7, 11) is 1.75. The van der Waals surface area contributed by atoms with Crippen LogP contribution in [0.5, 0.6) is 0 Å². The summed E-state index contributed by atoms with van der Waals surface area (Å²) in [5.74, 6) is 0.703. The molecule has 1 aromatic heterocycles. The van der Waals surface area contributed by atoms with E-state index < -0.39 is 0 Å². The second-order valence-corrected chi connectivity index (χ2v) is 8.60. The Morgan fingerprint density at radius 1 is 1.06 bits per heavy atom. The zero-order chi connectivity index (χ0) is 23.9. The summed E-state index contributed by atoms with van der Waals surface area (Å²) in [6, 6.07) is 19.0. The van der Waals surface area contributed by atoms with E-state index in [1.165, 1.54) is 0 Å². The van der Waals surface area contributed by atoms with E-state index in [1.54, 1.807) is 31.3 Å². The summed E-state index contributed by atoms with van der Waals surface area (Å²) in [6.07, 6.45) is 3.07. The average molecular weight is 461 g/mol. The van der Waals surface area contributed by atoms with Gasteiger partial charge in [0, 0.05) is 31.7 Å². The van der Waals surface area contributed by atoms with Gasteiger partial charge < -0.3 is 21.3 Å². The molecule has 2 aromatic carbocycles. The van der Waals surface area contributed by atoms with Crippen LogP contribution in [0.25, 0.3) is 0 Å². The van der Waals surface area contributed by atoms with Gasteiger partial charge in [-0.2, -0.15) is 4.98 Å². The minimum atomic E-state index is -0.345. The molecule has 4 N–H and O–H groups in total. The van der Waals surface area contributed by atoms with Crippen LogP contribution in [0, 0.1) is 0 Å². The number of benzene rings is 2. The van der Waals surface area contributed by atoms with Crippen LogP contribution in [0.3, 0.4) is 0 Å². The van der Waals surface area contributed by atoms with Crippen molar-refractivity contribution in [1.29, 1.82) is 0 Å². The lowest BCUT2D eigenvalue weighted by Gasteiger charge is -2.25. The van der Waals surface area contributed by atoms with Gasteiger partial charge in [-0.05, 0) is 18.4 Å². The number of ketones is 1. The monoisotopic (exact) mass is 460 g/mol. The average Bonchev–Trinajstić information content (AvgIpc) is 3.08. The van der Waals surface area contributed by atoms with Gasteiger partial charge in [0.2, 0.25) is 5.95 Å². The number of carbonyl (C=O) groups excluding carboxylic acids is 2. The van der Waals surface area contributed by atoms with Crippen LogP contribution in [0.1, 0.15) is 45.7 Å². The Kier molecular flexibility index (Phi) is 7.59. The van der Waals surface area contributed by atoms with Crippen LogP contribution < -0.4 is 21.3 Å². The van der Waals surface area contributed by atoms with Crippen molar-refractivity contribution in [2.75, 3.05) is 36.9 Å². The van der Waals surface area contributed by atoms with Gasteiger partial charge >= 0.3 is 0 Å². The Morgan fingerprint density at radius 2 is 1.76 bits per heavy atom. The van der Waals surface area contributed by atoms with E-state index in [4.69, 9.17) is 10.7 Å². The van der Waals surface area contributed by atoms with Crippen molar-refractivity contribution < 1.29 is 9.59 Å². The van der Waals surface area contributed by atoms with Gasteiger partial charge in [0.15, 0.2) is 17.3 Å². The zero-order valence-electron chi connectivity index (χ0n) is 19.5. The number of anilines is 2. The standard InChI is InChI=1S/C26H32N6O2/c1-28-24-23(25(34)29-16-22(33)20-12-6-3-7-13-20)32(17-19-10-4-2-5-11-19)26(30-24)31-15-9-8-14-21(27)18-31/h2-7,10-13,21,28H,8-9,14-18,27H2,1H3,(H,29,34). The molecule has 1 fully saturated rings. The minimum absolute atomic E-state index is 0.0585. The Hall–Kier alpha value is -3.65. The summed E-state index contributed by atoms with van der Waals surface area (Å²) in [5.41, 5.74) is 8.35. The molecule has 0 saturated carbocycles. The Balaban J connectivity index is 1.66. The summed E-state index contributed by atoms with van der Waals surface area (Å²) < 4.78 is 1.93. The van der Waals surface area contributed by atoms with Gasteiger partial charge in [-0.1, -0.05) is 67.1 Å². The molecular weight excluding hydrogens is 428 g/mol. The molecule has 1 atom stereocenters. The molecule has 0 bridgehead atoms. The van der Waals surface area contributed by atoms with Gasteiger partial charge in [-0.3, -0.25) is 14.2 Å². The smallest absolute Gasteiger partial charge is 0.272 e. The molecule has 1 unspecified atom stereocenters. The van der Waals surface area contributed by atoms with Crippen molar-refractivity contribution in [2.24, 2.45) is 5.73 Å². The van der Waals surface area contributed by atoms with Gasteiger partial charge in [0.1, 0.15) is 0 Å². The van der Waals surface area contributed by atoms with E-state index in [0.717, 1.165) is 31.4 Å². The van der Waals surface area contributed by atoms with Gasteiger partial charge in [-0.15, -0.1) is 0 Å². The van der Waals surface area contributed by atoms with Crippen molar-refractivity contribution in [3.63, 3.8) is 0 Å². The third kappa shape index (κ3) is 5.46. The van der Waals surface area contributed by atoms with Crippen molar-refractivity contribution in [3.05, 3.63) is 77.5 Å². The summed E-state index contributed by atoms with van der Waals surface area (Å²) in [4.78, 5) is 32.9. The molecule has 2 heterocycles. The third-order valence-corrected chi connectivity index (χ3v) is 6.08. The molecule has 1 aliphatic heterocycles. The van der Waals surface area contributed by atoms with E-state index in [-0.39, 0.29) is 24.3 Å². The number of hydrogen-bond donors (Lipinski definition) is 3. The fourth-order valence-electron chi connectivity index (χ4n) is 4.33. The SMILES string of the molecule is CNc1nc(N2CCCCC(N)C2)n(Cc2ccccc2)c1C(=O)NCC(=O)c1ccccc1. The number of carbonyl (C=O) groups is 2.